The summed E-state index contributed by atoms with van der Waals surface area (Å²) in [7, 11) is -3.73. The third-order valence-corrected chi connectivity index (χ3v) is 7.19. The molecule has 1 amide bonds. The minimum absolute atomic E-state index is 0.0233. The van der Waals surface area contributed by atoms with E-state index in [2.05, 4.69) is 9.71 Å². The van der Waals surface area contributed by atoms with Gasteiger partial charge in [0.15, 0.2) is 0 Å². The van der Waals surface area contributed by atoms with E-state index in [1.807, 2.05) is 0 Å². The van der Waals surface area contributed by atoms with Crippen molar-refractivity contribution in [3.05, 3.63) is 57.8 Å². The van der Waals surface area contributed by atoms with Crippen molar-refractivity contribution in [2.45, 2.75) is 24.7 Å². The number of hydrogen-bond acceptors (Lipinski definition) is 4. The Morgan fingerprint density at radius 1 is 1.18 bits per heavy atom. The molecule has 1 fully saturated rings. The molecule has 6 nitrogen and oxygen atoms in total. The number of aryl methyl sites for hydroxylation is 1. The van der Waals surface area contributed by atoms with E-state index in [4.69, 9.17) is 23.2 Å². The number of aromatic nitrogens is 1. The van der Waals surface area contributed by atoms with Crippen LogP contribution in [0.2, 0.25) is 10.0 Å². The Balaban J connectivity index is 1.57. The van der Waals surface area contributed by atoms with Crippen LogP contribution < -0.4 is 4.72 Å². The van der Waals surface area contributed by atoms with Gasteiger partial charge in [-0.2, -0.15) is 0 Å². The zero-order valence-corrected chi connectivity index (χ0v) is 17.7. The SMILES string of the molecule is Cc1cc(S(=O)(=O)NCC2CCN(C(=O)c3ccncc3)CC2)c(Cl)cc1Cl. The fraction of sp³-hybridized carbons (Fsp3) is 0.368. The van der Waals surface area contributed by atoms with E-state index in [1.165, 1.54) is 12.1 Å². The largest absolute Gasteiger partial charge is 0.339 e. The molecule has 2 heterocycles. The summed E-state index contributed by atoms with van der Waals surface area (Å²) in [5.74, 6) is 0.133. The number of halogens is 2. The normalized spacial score (nSPS) is 15.6. The Hall–Kier alpha value is -1.67. The first-order chi connectivity index (χ1) is 13.3. The number of carbonyl (C=O) groups excluding carboxylic acids is 1. The Morgan fingerprint density at radius 2 is 1.82 bits per heavy atom. The summed E-state index contributed by atoms with van der Waals surface area (Å²) in [4.78, 5) is 18.2. The van der Waals surface area contributed by atoms with Crippen molar-refractivity contribution in [2.75, 3.05) is 19.6 Å². The number of rotatable bonds is 5. The van der Waals surface area contributed by atoms with Crippen molar-refractivity contribution in [3.8, 4) is 0 Å². The van der Waals surface area contributed by atoms with Crippen LogP contribution in [0.4, 0.5) is 0 Å². The van der Waals surface area contributed by atoms with E-state index < -0.39 is 10.0 Å². The Bertz CT molecular complexity index is 960. The summed E-state index contributed by atoms with van der Waals surface area (Å²) < 4.78 is 27.9. The number of piperidine rings is 1. The lowest BCUT2D eigenvalue weighted by atomic mass is 9.97. The number of nitrogens with one attached hydrogen (secondary N) is 1. The van der Waals surface area contributed by atoms with Crippen molar-refractivity contribution in [1.29, 1.82) is 0 Å². The fourth-order valence-corrected chi connectivity index (χ4v) is 5.11. The van der Waals surface area contributed by atoms with Crippen LogP contribution in [0.1, 0.15) is 28.8 Å². The number of benzene rings is 1. The van der Waals surface area contributed by atoms with Crippen LogP contribution >= 0.6 is 23.2 Å². The number of sulfonamides is 1. The molecule has 2 aromatic rings. The van der Waals surface area contributed by atoms with Crippen LogP contribution in [0.25, 0.3) is 0 Å². The van der Waals surface area contributed by atoms with E-state index in [1.54, 1.807) is 36.4 Å². The molecule has 0 unspecified atom stereocenters. The third-order valence-electron chi connectivity index (χ3n) is 4.89. The van der Waals surface area contributed by atoms with Gasteiger partial charge in [0.25, 0.3) is 5.91 Å². The summed E-state index contributed by atoms with van der Waals surface area (Å²) in [6, 6.07) is 6.31. The maximum atomic E-state index is 12.6. The highest BCUT2D eigenvalue weighted by Crippen LogP contribution is 2.28. The monoisotopic (exact) mass is 441 g/mol. The summed E-state index contributed by atoms with van der Waals surface area (Å²) in [5.41, 5.74) is 1.26. The van der Waals surface area contributed by atoms with Gasteiger partial charge in [-0.3, -0.25) is 9.78 Å². The van der Waals surface area contributed by atoms with Crippen LogP contribution in [0.3, 0.4) is 0 Å². The maximum absolute atomic E-state index is 12.6. The molecule has 0 bridgehead atoms. The number of amides is 1. The Morgan fingerprint density at radius 3 is 2.46 bits per heavy atom. The number of likely N-dealkylation sites (tertiary alicyclic amines) is 1. The van der Waals surface area contributed by atoms with Crippen molar-refractivity contribution < 1.29 is 13.2 Å². The van der Waals surface area contributed by atoms with Crippen LogP contribution in [-0.2, 0) is 10.0 Å². The van der Waals surface area contributed by atoms with E-state index >= 15 is 0 Å². The molecule has 1 aromatic heterocycles. The van der Waals surface area contributed by atoms with Gasteiger partial charge in [0, 0.05) is 42.6 Å². The van der Waals surface area contributed by atoms with Gasteiger partial charge >= 0.3 is 0 Å². The van der Waals surface area contributed by atoms with E-state index in [-0.39, 0.29) is 21.7 Å². The topological polar surface area (TPSA) is 79.4 Å². The molecule has 0 atom stereocenters. The quantitative estimate of drug-likeness (QED) is 0.769. The summed E-state index contributed by atoms with van der Waals surface area (Å²) in [6.07, 6.45) is 4.65. The average Bonchev–Trinajstić information content (AvgIpc) is 2.69. The first-order valence-corrected chi connectivity index (χ1v) is 11.2. The lowest BCUT2D eigenvalue weighted by molar-refractivity contribution is 0.0692. The fourth-order valence-electron chi connectivity index (χ4n) is 3.16. The van der Waals surface area contributed by atoms with E-state index in [0.29, 0.717) is 35.8 Å². The minimum atomic E-state index is -3.73. The maximum Gasteiger partial charge on any atom is 0.253 e. The van der Waals surface area contributed by atoms with Crippen LogP contribution in [-0.4, -0.2) is 43.8 Å². The molecule has 1 aliphatic heterocycles. The zero-order chi connectivity index (χ0) is 20.3. The standard InChI is InChI=1S/C19H21Cl2N3O3S/c1-13-10-18(17(21)11-16(13)20)28(26,27)23-12-14-4-8-24(9-5-14)19(25)15-2-6-22-7-3-15/h2-3,6-7,10-11,14,23H,4-5,8-9,12H2,1H3. The smallest absolute Gasteiger partial charge is 0.253 e. The molecule has 0 saturated carbocycles. The van der Waals surface area contributed by atoms with Gasteiger partial charge in [0.05, 0.1) is 5.02 Å². The molecular weight excluding hydrogens is 421 g/mol. The molecule has 28 heavy (non-hydrogen) atoms. The van der Waals surface area contributed by atoms with Gasteiger partial charge < -0.3 is 4.90 Å². The van der Waals surface area contributed by atoms with Gasteiger partial charge in [0.1, 0.15) is 4.90 Å². The van der Waals surface area contributed by atoms with Gasteiger partial charge in [-0.25, -0.2) is 13.1 Å². The van der Waals surface area contributed by atoms with Gasteiger partial charge in [-0.15, -0.1) is 0 Å². The lowest BCUT2D eigenvalue weighted by Crippen LogP contribution is -2.41. The van der Waals surface area contributed by atoms with E-state index in [9.17, 15) is 13.2 Å². The molecule has 1 saturated heterocycles. The Labute approximate surface area is 174 Å². The molecule has 1 aliphatic rings. The molecule has 0 aliphatic carbocycles. The van der Waals surface area contributed by atoms with Crippen molar-refractivity contribution in [2.24, 2.45) is 5.92 Å². The second kappa shape index (κ2) is 8.78. The van der Waals surface area contributed by atoms with Crippen LogP contribution in [0, 0.1) is 12.8 Å². The van der Waals surface area contributed by atoms with Gasteiger partial charge in [0.2, 0.25) is 10.0 Å². The number of carbonyl (C=O) groups is 1. The van der Waals surface area contributed by atoms with Crippen molar-refractivity contribution in [1.82, 2.24) is 14.6 Å². The van der Waals surface area contributed by atoms with E-state index in [0.717, 1.165) is 12.8 Å². The second-order valence-electron chi connectivity index (χ2n) is 6.86. The van der Waals surface area contributed by atoms with Gasteiger partial charge in [-0.05, 0) is 55.5 Å². The molecule has 3 rings (SSSR count). The number of nitrogens with zero attached hydrogens (tertiary/aromatic N) is 2. The number of hydrogen-bond donors (Lipinski definition) is 1. The highest BCUT2D eigenvalue weighted by Gasteiger charge is 2.26. The van der Waals surface area contributed by atoms with Crippen molar-refractivity contribution in [3.63, 3.8) is 0 Å². The molecule has 9 heteroatoms. The summed E-state index contributed by atoms with van der Waals surface area (Å²) in [6.45, 7) is 3.22. The highest BCUT2D eigenvalue weighted by molar-refractivity contribution is 7.89. The average molecular weight is 442 g/mol. The predicted molar refractivity (Wildman–Crippen MR) is 109 cm³/mol. The highest BCUT2D eigenvalue weighted by atomic mass is 35.5. The molecular formula is C19H21Cl2N3O3S. The first-order valence-electron chi connectivity index (χ1n) is 8.92. The molecule has 0 spiro atoms. The minimum Gasteiger partial charge on any atom is -0.339 e. The molecule has 1 N–H and O–H groups in total. The van der Waals surface area contributed by atoms with Crippen LogP contribution in [0.15, 0.2) is 41.6 Å². The summed E-state index contributed by atoms with van der Waals surface area (Å²) in [5, 5.41) is 0.524. The molecule has 150 valence electrons. The Kier molecular flexibility index (Phi) is 6.60. The molecule has 1 aromatic carbocycles. The lowest BCUT2D eigenvalue weighted by Gasteiger charge is -2.32. The first kappa shape index (κ1) is 21.0. The predicted octanol–water partition coefficient (Wildman–Crippen LogP) is 3.53. The zero-order valence-electron chi connectivity index (χ0n) is 15.4. The van der Waals surface area contributed by atoms with Crippen molar-refractivity contribution >= 4 is 39.1 Å². The molecule has 0 radical (unpaired) electrons. The third kappa shape index (κ3) is 4.84. The summed E-state index contributed by atoms with van der Waals surface area (Å²) >= 11 is 12.1. The van der Waals surface area contributed by atoms with Gasteiger partial charge in [-0.1, -0.05) is 23.2 Å². The number of pyridine rings is 1. The van der Waals surface area contributed by atoms with Crippen LogP contribution in [0.5, 0.6) is 0 Å². The second-order valence-corrected chi connectivity index (χ2v) is 9.40.